The zero-order valence-corrected chi connectivity index (χ0v) is 10.1. The Kier molecular flexibility index (Phi) is 2.49. The summed E-state index contributed by atoms with van der Waals surface area (Å²) in [5.74, 6) is 0.718. The predicted molar refractivity (Wildman–Crippen MR) is 72.5 cm³/mol. The van der Waals surface area contributed by atoms with Crippen LogP contribution >= 0.6 is 12.2 Å². The predicted octanol–water partition coefficient (Wildman–Crippen LogP) is 1.45. The van der Waals surface area contributed by atoms with Gasteiger partial charge in [-0.3, -0.25) is 9.55 Å². The molecule has 0 saturated carbocycles. The molecule has 18 heavy (non-hydrogen) atoms. The number of nitrogens with zero attached hydrogens (tertiary/aromatic N) is 4. The number of thiocarbonyl (C=S) groups is 1. The highest BCUT2D eigenvalue weighted by atomic mass is 32.1. The maximum atomic E-state index is 5.66. The van der Waals surface area contributed by atoms with Crippen LogP contribution in [-0.2, 0) is 0 Å². The highest BCUT2D eigenvalue weighted by Crippen LogP contribution is 2.13. The Morgan fingerprint density at radius 2 is 2.00 bits per heavy atom. The standard InChI is InChI=1S/C12H9N5S/c13-11(18)9-2-1-7-17(9)10-4-3-8-12(16-10)15-6-5-14-8/h1-7H,(H2,13,18). The van der Waals surface area contributed by atoms with Crippen molar-refractivity contribution in [2.45, 2.75) is 0 Å². The van der Waals surface area contributed by atoms with Crippen molar-refractivity contribution < 1.29 is 0 Å². The van der Waals surface area contributed by atoms with E-state index in [0.717, 1.165) is 17.0 Å². The Labute approximate surface area is 108 Å². The number of hydrogen-bond acceptors (Lipinski definition) is 4. The molecule has 2 N–H and O–H groups in total. The molecule has 0 atom stereocenters. The van der Waals surface area contributed by atoms with Gasteiger partial charge in [-0.1, -0.05) is 12.2 Å². The van der Waals surface area contributed by atoms with Crippen LogP contribution in [0.2, 0.25) is 0 Å². The molecule has 5 nitrogen and oxygen atoms in total. The van der Waals surface area contributed by atoms with Gasteiger partial charge < -0.3 is 5.73 Å². The molecule has 0 bridgehead atoms. The molecule has 0 aliphatic heterocycles. The first-order chi connectivity index (χ1) is 8.75. The molecule has 0 aliphatic rings. The number of pyridine rings is 1. The third-order valence-electron chi connectivity index (χ3n) is 2.56. The highest BCUT2D eigenvalue weighted by molar-refractivity contribution is 7.80. The molecule has 0 saturated heterocycles. The molecule has 0 aliphatic carbocycles. The first-order valence-corrected chi connectivity index (χ1v) is 5.72. The summed E-state index contributed by atoms with van der Waals surface area (Å²) < 4.78 is 1.83. The summed E-state index contributed by atoms with van der Waals surface area (Å²) >= 11 is 5.00. The fourth-order valence-corrected chi connectivity index (χ4v) is 1.93. The summed E-state index contributed by atoms with van der Waals surface area (Å²) in [6, 6.07) is 7.45. The zero-order chi connectivity index (χ0) is 12.5. The summed E-state index contributed by atoms with van der Waals surface area (Å²) in [6.45, 7) is 0. The molecule has 0 fully saturated rings. The second-order valence-electron chi connectivity index (χ2n) is 3.70. The van der Waals surface area contributed by atoms with Gasteiger partial charge in [0.25, 0.3) is 0 Å². The molecule has 3 aromatic rings. The van der Waals surface area contributed by atoms with Gasteiger partial charge in [-0.2, -0.15) is 0 Å². The fourth-order valence-electron chi connectivity index (χ4n) is 1.76. The quantitative estimate of drug-likeness (QED) is 0.702. The van der Waals surface area contributed by atoms with Crippen LogP contribution < -0.4 is 5.73 Å². The smallest absolute Gasteiger partial charge is 0.180 e. The van der Waals surface area contributed by atoms with Gasteiger partial charge in [0, 0.05) is 18.6 Å². The van der Waals surface area contributed by atoms with Gasteiger partial charge in [0.2, 0.25) is 0 Å². The lowest BCUT2D eigenvalue weighted by molar-refractivity contribution is 1.00. The average molecular weight is 255 g/mol. The Hall–Kier alpha value is -2.34. The topological polar surface area (TPSA) is 69.6 Å². The second-order valence-corrected chi connectivity index (χ2v) is 4.14. The summed E-state index contributed by atoms with van der Waals surface area (Å²) in [7, 11) is 0. The van der Waals surface area contributed by atoms with Gasteiger partial charge in [-0.05, 0) is 24.3 Å². The number of hydrogen-bond donors (Lipinski definition) is 1. The van der Waals surface area contributed by atoms with E-state index in [2.05, 4.69) is 15.0 Å². The number of nitrogens with two attached hydrogens (primary N) is 1. The van der Waals surface area contributed by atoms with E-state index >= 15 is 0 Å². The molecule has 0 spiro atoms. The lowest BCUT2D eigenvalue weighted by Gasteiger charge is -2.07. The minimum Gasteiger partial charge on any atom is -0.388 e. The van der Waals surface area contributed by atoms with Crippen LogP contribution in [0.4, 0.5) is 0 Å². The maximum absolute atomic E-state index is 5.66. The van der Waals surface area contributed by atoms with Crippen LogP contribution in [0.5, 0.6) is 0 Å². The highest BCUT2D eigenvalue weighted by Gasteiger charge is 2.07. The SMILES string of the molecule is NC(=S)c1cccn1-c1ccc2nccnc2n1. The van der Waals surface area contributed by atoms with E-state index in [-0.39, 0.29) is 0 Å². The summed E-state index contributed by atoms with van der Waals surface area (Å²) in [6.07, 6.45) is 5.11. The lowest BCUT2D eigenvalue weighted by Crippen LogP contribution is -2.15. The van der Waals surface area contributed by atoms with Gasteiger partial charge in [-0.15, -0.1) is 0 Å². The Bertz CT molecular complexity index is 734. The van der Waals surface area contributed by atoms with E-state index < -0.39 is 0 Å². The van der Waals surface area contributed by atoms with Crippen molar-refractivity contribution in [1.82, 2.24) is 19.5 Å². The molecular formula is C12H9N5S. The van der Waals surface area contributed by atoms with Crippen molar-refractivity contribution in [3.05, 3.63) is 48.5 Å². The Balaban J connectivity index is 2.19. The van der Waals surface area contributed by atoms with E-state index in [9.17, 15) is 0 Å². The van der Waals surface area contributed by atoms with E-state index in [1.54, 1.807) is 12.4 Å². The van der Waals surface area contributed by atoms with Crippen LogP contribution in [0.15, 0.2) is 42.9 Å². The van der Waals surface area contributed by atoms with Crippen molar-refractivity contribution >= 4 is 28.4 Å². The molecule has 0 amide bonds. The Morgan fingerprint density at radius 1 is 1.17 bits per heavy atom. The van der Waals surface area contributed by atoms with Crippen LogP contribution in [0.25, 0.3) is 17.0 Å². The van der Waals surface area contributed by atoms with Gasteiger partial charge in [0.05, 0.1) is 5.69 Å². The first-order valence-electron chi connectivity index (χ1n) is 5.31. The van der Waals surface area contributed by atoms with Crippen LogP contribution in [0.1, 0.15) is 5.69 Å². The van der Waals surface area contributed by atoms with E-state index in [1.807, 2.05) is 35.0 Å². The van der Waals surface area contributed by atoms with E-state index in [0.29, 0.717) is 10.6 Å². The Morgan fingerprint density at radius 3 is 2.83 bits per heavy atom. The van der Waals surface area contributed by atoms with Crippen LogP contribution in [0.3, 0.4) is 0 Å². The van der Waals surface area contributed by atoms with Crippen molar-refractivity contribution in [1.29, 1.82) is 0 Å². The third-order valence-corrected chi connectivity index (χ3v) is 2.77. The van der Waals surface area contributed by atoms with Gasteiger partial charge in [0.1, 0.15) is 16.3 Å². The molecule has 0 aromatic carbocycles. The number of fused-ring (bicyclic) bond motifs is 1. The van der Waals surface area contributed by atoms with Gasteiger partial charge in [0.15, 0.2) is 5.65 Å². The molecule has 0 unspecified atom stereocenters. The summed E-state index contributed by atoms with van der Waals surface area (Å²) in [4.78, 5) is 13.1. The van der Waals surface area contributed by atoms with Gasteiger partial charge >= 0.3 is 0 Å². The third kappa shape index (κ3) is 1.72. The molecule has 3 aromatic heterocycles. The average Bonchev–Trinajstić information content (AvgIpc) is 2.87. The van der Waals surface area contributed by atoms with Crippen molar-refractivity contribution in [3.8, 4) is 5.82 Å². The molecule has 6 heteroatoms. The largest absolute Gasteiger partial charge is 0.388 e. The number of aromatic nitrogens is 4. The fraction of sp³-hybridized carbons (Fsp3) is 0. The monoisotopic (exact) mass is 255 g/mol. The first kappa shape index (κ1) is 10.8. The van der Waals surface area contributed by atoms with Crippen LogP contribution in [-0.4, -0.2) is 24.5 Å². The summed E-state index contributed by atoms with van der Waals surface area (Å²) in [5, 5.41) is 0. The zero-order valence-electron chi connectivity index (χ0n) is 9.32. The molecule has 88 valence electrons. The minimum atomic E-state index is 0.334. The van der Waals surface area contributed by atoms with E-state index in [4.69, 9.17) is 18.0 Å². The van der Waals surface area contributed by atoms with E-state index in [1.165, 1.54) is 0 Å². The molecule has 3 heterocycles. The lowest BCUT2D eigenvalue weighted by atomic mass is 10.4. The summed E-state index contributed by atoms with van der Waals surface area (Å²) in [5.41, 5.74) is 7.76. The second kappa shape index (κ2) is 4.15. The maximum Gasteiger partial charge on any atom is 0.180 e. The van der Waals surface area contributed by atoms with Gasteiger partial charge in [-0.25, -0.2) is 9.97 Å². The number of rotatable bonds is 2. The van der Waals surface area contributed by atoms with Crippen LogP contribution in [0, 0.1) is 0 Å². The molecular weight excluding hydrogens is 246 g/mol. The minimum absolute atomic E-state index is 0.334. The van der Waals surface area contributed by atoms with Crippen molar-refractivity contribution in [3.63, 3.8) is 0 Å². The van der Waals surface area contributed by atoms with Crippen molar-refractivity contribution in [2.24, 2.45) is 5.73 Å². The normalized spacial score (nSPS) is 10.7. The molecule has 3 rings (SSSR count). The van der Waals surface area contributed by atoms with Crippen molar-refractivity contribution in [2.75, 3.05) is 0 Å². The molecule has 0 radical (unpaired) electrons.